The predicted octanol–water partition coefficient (Wildman–Crippen LogP) is 20.3. The predicted molar refractivity (Wildman–Crippen MR) is 311 cm³/mol. The molecule has 0 fully saturated rings. The van der Waals surface area contributed by atoms with Crippen molar-refractivity contribution in [2.45, 2.75) is 61.6 Å². The number of alkyl halides is 3. The van der Waals surface area contributed by atoms with Gasteiger partial charge in [0.1, 0.15) is 0 Å². The Balaban J connectivity index is 1.20. The first kappa shape index (κ1) is 48.0. The summed E-state index contributed by atoms with van der Waals surface area (Å²) in [6, 6.07) is 61.1. The SMILES string of the molecule is [C-]#[N+]c1c(-n2c3ccc(-c4ccc(C)cc4C)cc3c3cc(-c4ccc(C)cc4C)ccc32)ccc(-c2ccccc2C(F)(F)F)c1-n1c2ccc(-c3ccc(C)cc3C)cc2c2cc(-c3ccc(C)cc3C)ccc21. The second kappa shape index (κ2) is 18.2. The Hall–Kier alpha value is -8.92. The van der Waals surface area contributed by atoms with Gasteiger partial charge in [0.2, 0.25) is 5.69 Å². The van der Waals surface area contributed by atoms with Gasteiger partial charge in [-0.15, -0.1) is 0 Å². The molecule has 12 rings (SSSR count). The van der Waals surface area contributed by atoms with Crippen LogP contribution in [-0.4, -0.2) is 9.13 Å². The summed E-state index contributed by atoms with van der Waals surface area (Å²) in [5.74, 6) is 0. The molecule has 2 aromatic heterocycles. The Morgan fingerprint density at radius 2 is 0.697 bits per heavy atom. The Morgan fingerprint density at radius 1 is 0.355 bits per heavy atom. The van der Waals surface area contributed by atoms with Crippen LogP contribution >= 0.6 is 0 Å². The van der Waals surface area contributed by atoms with Gasteiger partial charge < -0.3 is 9.13 Å². The number of nitrogens with zero attached hydrogens (tertiary/aromatic N) is 3. The van der Waals surface area contributed by atoms with Gasteiger partial charge in [-0.1, -0.05) is 144 Å². The summed E-state index contributed by atoms with van der Waals surface area (Å²) in [5, 5.41) is 3.84. The maximum absolute atomic E-state index is 15.4. The minimum atomic E-state index is -4.68. The molecule has 0 saturated heterocycles. The molecule has 0 atom stereocenters. The largest absolute Gasteiger partial charge is 0.417 e. The molecule has 0 radical (unpaired) electrons. The third kappa shape index (κ3) is 7.97. The molecule has 76 heavy (non-hydrogen) atoms. The molecule has 0 amide bonds. The fraction of sp³-hybridized carbons (Fsp3) is 0.129. The summed E-state index contributed by atoms with van der Waals surface area (Å²) >= 11 is 0. The van der Waals surface area contributed by atoms with E-state index in [-0.39, 0.29) is 11.3 Å². The molecule has 3 nitrogen and oxygen atoms in total. The Kier molecular flexibility index (Phi) is 11.5. The van der Waals surface area contributed by atoms with E-state index < -0.39 is 11.7 Å². The molecule has 2 heterocycles. The molecule has 0 unspecified atom stereocenters. The highest BCUT2D eigenvalue weighted by Crippen LogP contribution is 2.50. The Morgan fingerprint density at radius 3 is 1.04 bits per heavy atom. The lowest BCUT2D eigenvalue weighted by Crippen LogP contribution is -2.09. The van der Waals surface area contributed by atoms with Crippen molar-refractivity contribution < 1.29 is 13.2 Å². The van der Waals surface area contributed by atoms with Crippen LogP contribution in [0.5, 0.6) is 0 Å². The summed E-state index contributed by atoms with van der Waals surface area (Å²) in [7, 11) is 0. The zero-order valence-electron chi connectivity index (χ0n) is 43.8. The second-order valence-electron chi connectivity index (χ2n) is 20.9. The van der Waals surface area contributed by atoms with E-state index in [1.165, 1.54) is 45.5 Å². The van der Waals surface area contributed by atoms with Gasteiger partial charge >= 0.3 is 6.18 Å². The average Bonchev–Trinajstić information content (AvgIpc) is 4.11. The number of hydrogen-bond acceptors (Lipinski definition) is 0. The maximum atomic E-state index is 15.4. The summed E-state index contributed by atoms with van der Waals surface area (Å²) in [6.07, 6.45) is -4.68. The highest BCUT2D eigenvalue weighted by molar-refractivity contribution is 6.15. The van der Waals surface area contributed by atoms with Gasteiger partial charge in [-0.05, 0) is 194 Å². The van der Waals surface area contributed by atoms with Crippen LogP contribution in [0.25, 0.3) is 115 Å². The number of halogens is 3. The number of aromatic nitrogens is 2. The Bertz CT molecular complexity index is 4220. The first-order valence-electron chi connectivity index (χ1n) is 25.7. The number of hydrogen-bond donors (Lipinski definition) is 0. The summed E-state index contributed by atoms with van der Waals surface area (Å²) in [4.78, 5) is 4.45. The van der Waals surface area contributed by atoms with Gasteiger partial charge in [-0.2, -0.15) is 13.2 Å². The van der Waals surface area contributed by atoms with Crippen molar-refractivity contribution in [3.05, 3.63) is 243 Å². The van der Waals surface area contributed by atoms with E-state index in [1.807, 2.05) is 10.6 Å². The van der Waals surface area contributed by atoms with E-state index >= 15 is 13.2 Å². The smallest absolute Gasteiger partial charge is 0.319 e. The van der Waals surface area contributed by atoms with Crippen LogP contribution in [0.1, 0.15) is 50.1 Å². The molecule has 0 saturated carbocycles. The first-order chi connectivity index (χ1) is 36.6. The first-order valence-corrected chi connectivity index (χ1v) is 25.7. The topological polar surface area (TPSA) is 14.2 Å². The van der Waals surface area contributed by atoms with E-state index in [9.17, 15) is 6.57 Å². The molecule has 6 heteroatoms. The van der Waals surface area contributed by atoms with Crippen molar-refractivity contribution in [3.8, 4) is 67.0 Å². The van der Waals surface area contributed by atoms with Crippen LogP contribution < -0.4 is 0 Å². The fourth-order valence-electron chi connectivity index (χ4n) is 12.0. The molecule has 12 aromatic rings. The van der Waals surface area contributed by atoms with E-state index in [0.717, 1.165) is 105 Å². The van der Waals surface area contributed by atoms with Crippen LogP contribution in [0.3, 0.4) is 0 Å². The quantitative estimate of drug-likeness (QED) is 0.141. The molecule has 0 bridgehead atoms. The fourth-order valence-corrected chi connectivity index (χ4v) is 12.0. The normalized spacial score (nSPS) is 11.9. The van der Waals surface area contributed by atoms with Gasteiger partial charge in [-0.3, -0.25) is 0 Å². The van der Waals surface area contributed by atoms with Gasteiger partial charge in [-0.25, -0.2) is 4.85 Å². The number of fused-ring (bicyclic) bond motifs is 6. The van der Waals surface area contributed by atoms with E-state index in [1.54, 1.807) is 12.1 Å². The molecule has 10 aromatic carbocycles. The zero-order chi connectivity index (χ0) is 52.9. The average molecular weight is 994 g/mol. The highest BCUT2D eigenvalue weighted by Gasteiger charge is 2.35. The third-order valence-corrected chi connectivity index (χ3v) is 15.5. The van der Waals surface area contributed by atoms with Crippen molar-refractivity contribution in [1.82, 2.24) is 9.13 Å². The van der Waals surface area contributed by atoms with Crippen molar-refractivity contribution in [1.29, 1.82) is 0 Å². The number of rotatable bonds is 7. The third-order valence-electron chi connectivity index (χ3n) is 15.5. The molecular formula is C70H54F3N3. The van der Waals surface area contributed by atoms with Gasteiger partial charge in [0.05, 0.1) is 45.6 Å². The summed E-state index contributed by atoms with van der Waals surface area (Å²) in [6.45, 7) is 26.2. The minimum absolute atomic E-state index is 0.00584. The minimum Gasteiger partial charge on any atom is -0.319 e. The van der Waals surface area contributed by atoms with Gasteiger partial charge in [0.25, 0.3) is 0 Å². The second-order valence-corrected chi connectivity index (χ2v) is 20.9. The lowest BCUT2D eigenvalue weighted by atomic mass is 9.95. The molecule has 370 valence electrons. The van der Waals surface area contributed by atoms with Crippen LogP contribution in [0.15, 0.2) is 182 Å². The van der Waals surface area contributed by atoms with E-state index in [4.69, 9.17) is 0 Å². The van der Waals surface area contributed by atoms with Crippen LogP contribution in [0.4, 0.5) is 18.9 Å². The monoisotopic (exact) mass is 993 g/mol. The van der Waals surface area contributed by atoms with Crippen LogP contribution in [-0.2, 0) is 6.18 Å². The Labute approximate surface area is 441 Å². The molecule has 0 aliphatic rings. The summed E-state index contributed by atoms with van der Waals surface area (Å²) in [5.41, 5.74) is 21.9. The highest BCUT2D eigenvalue weighted by atomic mass is 19.4. The van der Waals surface area contributed by atoms with Gasteiger partial charge in [0, 0.05) is 21.5 Å². The van der Waals surface area contributed by atoms with Crippen molar-refractivity contribution in [2.24, 2.45) is 0 Å². The van der Waals surface area contributed by atoms with Crippen molar-refractivity contribution in [3.63, 3.8) is 0 Å². The number of benzene rings is 10. The zero-order valence-corrected chi connectivity index (χ0v) is 43.8. The standard InChI is InChI=1S/C70H54F3N3/c1-40-14-22-52(44(5)32-40)48-18-27-63-58(36-48)59-37-49(53-23-15-41(2)33-45(53)6)19-28-64(59)75(63)67-31-26-57(56-12-10-11-13-62(56)70(71,72)73)69(68(67)74-9)76-65-29-20-50(54-24-16-42(3)34-46(54)7)38-60(65)61-39-51(21-30-66(61)76)55-25-17-43(4)35-47(55)8/h10-39H,1-8H3. The van der Waals surface area contributed by atoms with Gasteiger partial charge in [0.15, 0.2) is 0 Å². The molecular weight excluding hydrogens is 940 g/mol. The molecule has 0 spiro atoms. The van der Waals surface area contributed by atoms with Crippen LogP contribution in [0.2, 0.25) is 0 Å². The summed E-state index contributed by atoms with van der Waals surface area (Å²) < 4.78 is 50.4. The van der Waals surface area contributed by atoms with E-state index in [0.29, 0.717) is 16.9 Å². The van der Waals surface area contributed by atoms with Crippen molar-refractivity contribution in [2.75, 3.05) is 0 Å². The number of aryl methyl sites for hydroxylation is 8. The van der Waals surface area contributed by atoms with Crippen LogP contribution in [0, 0.1) is 62.0 Å². The molecule has 0 aliphatic carbocycles. The lowest BCUT2D eigenvalue weighted by Gasteiger charge is -2.22. The van der Waals surface area contributed by atoms with Crippen molar-refractivity contribution >= 4 is 49.3 Å². The maximum Gasteiger partial charge on any atom is 0.417 e. The lowest BCUT2D eigenvalue weighted by molar-refractivity contribution is -0.137. The molecule has 0 aliphatic heterocycles. The molecule has 0 N–H and O–H groups in total. The van der Waals surface area contributed by atoms with E-state index in [2.05, 4.69) is 210 Å².